The van der Waals surface area contributed by atoms with Crippen molar-refractivity contribution in [2.24, 2.45) is 10.3 Å². The average Bonchev–Trinajstić information content (AvgIpc) is 3.34. The molecule has 198 valence electrons. The maximum Gasteiger partial charge on any atom is 0.335 e. The highest BCUT2D eigenvalue weighted by atomic mass is 19.1. The number of carboxylic acid groups (broad SMARTS) is 1. The van der Waals surface area contributed by atoms with E-state index in [1.807, 2.05) is 59.6 Å². The van der Waals surface area contributed by atoms with Crippen LogP contribution >= 0.6 is 0 Å². The van der Waals surface area contributed by atoms with Gasteiger partial charge in [0.1, 0.15) is 5.82 Å². The topological polar surface area (TPSA) is 94.4 Å². The number of halogens is 1. The number of carboxylic acids is 1. The van der Waals surface area contributed by atoms with Crippen molar-refractivity contribution in [2.45, 2.75) is 24.7 Å². The molecule has 0 radical (unpaired) electrons. The number of nitrogens with one attached hydrogen (secondary N) is 1. The zero-order chi connectivity index (χ0) is 27.6. The van der Waals surface area contributed by atoms with Crippen LogP contribution in [0.3, 0.4) is 0 Å². The van der Waals surface area contributed by atoms with E-state index in [1.165, 1.54) is 6.07 Å². The molecule has 4 aromatic carbocycles. The lowest BCUT2D eigenvalue weighted by Crippen LogP contribution is -2.21. The third-order valence-electron chi connectivity index (χ3n) is 8.37. The molecule has 1 spiro atoms. The Morgan fingerprint density at radius 1 is 1.00 bits per heavy atom. The fourth-order valence-electron chi connectivity index (χ4n) is 6.08. The van der Waals surface area contributed by atoms with Crippen molar-refractivity contribution in [1.82, 2.24) is 0 Å². The van der Waals surface area contributed by atoms with E-state index < -0.39 is 17.2 Å². The van der Waals surface area contributed by atoms with E-state index in [0.717, 1.165) is 34.5 Å². The molecule has 2 atom stereocenters. The number of amides is 1. The van der Waals surface area contributed by atoms with Gasteiger partial charge < -0.3 is 10.4 Å². The van der Waals surface area contributed by atoms with E-state index in [4.69, 9.17) is 0 Å². The molecule has 1 fully saturated rings. The zero-order valence-electron chi connectivity index (χ0n) is 21.7. The number of benzene rings is 4. The van der Waals surface area contributed by atoms with Gasteiger partial charge in [0.2, 0.25) is 5.91 Å². The summed E-state index contributed by atoms with van der Waals surface area (Å²) >= 11 is 0. The third-order valence-corrected chi connectivity index (χ3v) is 8.37. The highest BCUT2D eigenvalue weighted by Crippen LogP contribution is 2.65. The van der Waals surface area contributed by atoms with E-state index >= 15 is 4.39 Å². The fourth-order valence-corrected chi connectivity index (χ4v) is 6.08. The molecule has 40 heavy (non-hydrogen) atoms. The first-order valence-electron chi connectivity index (χ1n) is 13.2. The number of aromatic carboxylic acids is 1. The summed E-state index contributed by atoms with van der Waals surface area (Å²) in [5, 5.41) is 22.4. The Kier molecular flexibility index (Phi) is 5.35. The minimum absolute atomic E-state index is 0.168. The quantitative estimate of drug-likeness (QED) is 0.298. The van der Waals surface area contributed by atoms with Gasteiger partial charge in [0.15, 0.2) is 0 Å². The number of fused-ring (bicyclic) bond motifs is 2. The largest absolute Gasteiger partial charge is 0.478 e. The summed E-state index contributed by atoms with van der Waals surface area (Å²) in [5.74, 6) is -1.74. The van der Waals surface area contributed by atoms with Crippen LogP contribution < -0.4 is 10.3 Å². The molecule has 1 amide bonds. The van der Waals surface area contributed by atoms with Crippen LogP contribution in [0.2, 0.25) is 0 Å². The van der Waals surface area contributed by atoms with E-state index in [9.17, 15) is 14.7 Å². The summed E-state index contributed by atoms with van der Waals surface area (Å²) in [6.45, 7) is 3.23. The van der Waals surface area contributed by atoms with E-state index in [1.54, 1.807) is 25.1 Å². The van der Waals surface area contributed by atoms with Crippen LogP contribution in [0.4, 0.5) is 15.8 Å². The Morgan fingerprint density at radius 2 is 1.70 bits per heavy atom. The van der Waals surface area contributed by atoms with Gasteiger partial charge in [-0.1, -0.05) is 53.8 Å². The first-order valence-corrected chi connectivity index (χ1v) is 13.2. The molecule has 3 aliphatic rings. The van der Waals surface area contributed by atoms with Gasteiger partial charge in [0, 0.05) is 17.2 Å². The van der Waals surface area contributed by atoms with Gasteiger partial charge in [-0.15, -0.1) is 0 Å². The van der Waals surface area contributed by atoms with Gasteiger partial charge in [-0.05, 0) is 77.1 Å². The highest BCUT2D eigenvalue weighted by Gasteiger charge is 2.65. The molecular weight excluding hydrogens is 507 g/mol. The Labute approximate surface area is 230 Å². The lowest BCUT2D eigenvalue weighted by Gasteiger charge is -2.13. The summed E-state index contributed by atoms with van der Waals surface area (Å²) in [6, 6.07) is 24.3. The summed E-state index contributed by atoms with van der Waals surface area (Å²) in [5.41, 5.74) is 6.30. The van der Waals surface area contributed by atoms with Crippen molar-refractivity contribution in [3.8, 4) is 22.3 Å². The molecular formula is C32H25FN4O3. The minimum Gasteiger partial charge on any atom is -0.478 e. The molecule has 1 aliphatic carbocycles. The number of carbonyl (C=O) groups excluding carboxylic acids is 1. The second-order valence-electron chi connectivity index (χ2n) is 10.6. The second kappa shape index (κ2) is 8.84. The first-order chi connectivity index (χ1) is 19.3. The van der Waals surface area contributed by atoms with Gasteiger partial charge in [-0.2, -0.15) is 5.11 Å². The minimum atomic E-state index is -0.993. The third kappa shape index (κ3) is 3.71. The number of nitrogens with zero attached hydrogens (tertiary/aromatic N) is 3. The van der Waals surface area contributed by atoms with Gasteiger partial charge in [-0.25, -0.2) is 14.2 Å². The molecule has 2 aliphatic heterocycles. The Hall–Kier alpha value is -4.85. The molecule has 0 bridgehead atoms. The molecule has 1 saturated carbocycles. The number of aryl methyl sites for hydroxylation is 1. The summed E-state index contributed by atoms with van der Waals surface area (Å²) < 4.78 is 15.3. The van der Waals surface area contributed by atoms with Crippen molar-refractivity contribution in [3.05, 3.63) is 107 Å². The van der Waals surface area contributed by atoms with Crippen molar-refractivity contribution < 1.29 is 19.1 Å². The lowest BCUT2D eigenvalue weighted by molar-refractivity contribution is -0.118. The molecule has 8 heteroatoms. The Balaban J connectivity index is 1.19. The fraction of sp³-hybridized carbons (Fsp3) is 0.188. The average molecular weight is 533 g/mol. The van der Waals surface area contributed by atoms with Gasteiger partial charge in [0.05, 0.1) is 29.8 Å². The number of hydrogen-bond donors (Lipinski definition) is 2. The summed E-state index contributed by atoms with van der Waals surface area (Å²) in [4.78, 5) is 24.9. The number of anilines is 2. The summed E-state index contributed by atoms with van der Waals surface area (Å²) in [7, 11) is 0. The Bertz CT molecular complexity index is 1730. The van der Waals surface area contributed by atoms with E-state index in [0.29, 0.717) is 35.3 Å². The summed E-state index contributed by atoms with van der Waals surface area (Å²) in [6.07, 6.45) is 0.548. The van der Waals surface area contributed by atoms with Crippen molar-refractivity contribution in [3.63, 3.8) is 0 Å². The zero-order valence-corrected chi connectivity index (χ0v) is 21.7. The molecule has 2 unspecified atom stereocenters. The number of hydrogen-bond acceptors (Lipinski definition) is 5. The maximum absolute atomic E-state index is 15.3. The lowest BCUT2D eigenvalue weighted by atomic mass is 9.88. The predicted molar refractivity (Wildman–Crippen MR) is 150 cm³/mol. The van der Waals surface area contributed by atoms with Crippen molar-refractivity contribution in [1.29, 1.82) is 0 Å². The van der Waals surface area contributed by atoms with E-state index in [2.05, 4.69) is 15.7 Å². The maximum atomic E-state index is 15.3. The van der Waals surface area contributed by atoms with Crippen molar-refractivity contribution in [2.75, 3.05) is 23.4 Å². The predicted octanol–water partition coefficient (Wildman–Crippen LogP) is 6.73. The second-order valence-corrected chi connectivity index (χ2v) is 10.6. The highest BCUT2D eigenvalue weighted by molar-refractivity contribution is 6.10. The standard InChI is InChI=1S/C32H25FN4O3/c1-18-2-3-22(14-24(18)30(38)39)27-17-32(27)26-15-25(28(33)16-29(26)35-31(32)40)21-6-4-19(5-7-21)20-8-10-23(11-9-20)37-13-12-34-36-37/h2-11,14-16,27H,12-13,17H2,1H3,(H,35,40)(H,38,39). The van der Waals surface area contributed by atoms with Crippen LogP contribution in [0.15, 0.2) is 89.2 Å². The molecule has 7 nitrogen and oxygen atoms in total. The molecule has 2 heterocycles. The smallest absolute Gasteiger partial charge is 0.335 e. The Morgan fingerprint density at radius 3 is 2.38 bits per heavy atom. The first kappa shape index (κ1) is 24.2. The monoisotopic (exact) mass is 532 g/mol. The van der Waals surface area contributed by atoms with Crippen LogP contribution in [-0.2, 0) is 10.2 Å². The van der Waals surface area contributed by atoms with Gasteiger partial charge in [0.25, 0.3) is 0 Å². The SMILES string of the molecule is Cc1ccc(C2CC23C(=O)Nc2cc(F)c(-c4ccc(-c5ccc(N6CCN=N6)cc5)cc4)cc23)cc1C(=O)O. The van der Waals surface area contributed by atoms with Crippen LogP contribution in [0, 0.1) is 12.7 Å². The molecule has 0 saturated heterocycles. The normalized spacial score (nSPS) is 20.6. The van der Waals surface area contributed by atoms with Crippen LogP contribution in [-0.4, -0.2) is 30.1 Å². The van der Waals surface area contributed by atoms with Gasteiger partial charge >= 0.3 is 5.97 Å². The van der Waals surface area contributed by atoms with E-state index in [-0.39, 0.29) is 17.4 Å². The molecule has 2 N–H and O–H groups in total. The molecule has 4 aromatic rings. The van der Waals surface area contributed by atoms with Gasteiger partial charge in [-0.3, -0.25) is 4.79 Å². The number of carbonyl (C=O) groups is 2. The molecule has 0 aromatic heterocycles. The molecule has 7 rings (SSSR count). The van der Waals surface area contributed by atoms with Crippen molar-refractivity contribution >= 4 is 23.3 Å². The van der Waals surface area contributed by atoms with Crippen LogP contribution in [0.5, 0.6) is 0 Å². The van der Waals surface area contributed by atoms with Crippen LogP contribution in [0.1, 0.15) is 39.4 Å². The van der Waals surface area contributed by atoms with Crippen LogP contribution in [0.25, 0.3) is 22.3 Å². The number of rotatable bonds is 5.